The zero-order valence-corrected chi connectivity index (χ0v) is 9.86. The summed E-state index contributed by atoms with van der Waals surface area (Å²) < 4.78 is 2.38. The van der Waals surface area contributed by atoms with Crippen LogP contribution in [0.1, 0.15) is 31.4 Å². The van der Waals surface area contributed by atoms with Crippen molar-refractivity contribution in [2.75, 3.05) is 13.1 Å². The van der Waals surface area contributed by atoms with Crippen LogP contribution in [0.3, 0.4) is 0 Å². The molecule has 3 rings (SSSR count). The second-order valence-electron chi connectivity index (χ2n) is 5.40. The van der Waals surface area contributed by atoms with Gasteiger partial charge in [0.05, 0.1) is 6.33 Å². The van der Waals surface area contributed by atoms with Gasteiger partial charge in [-0.25, -0.2) is 4.98 Å². The van der Waals surface area contributed by atoms with Crippen molar-refractivity contribution in [3.63, 3.8) is 0 Å². The number of nitrogens with zero attached hydrogens (tertiary/aromatic N) is 2. The van der Waals surface area contributed by atoms with E-state index >= 15 is 0 Å². The Morgan fingerprint density at radius 2 is 2.25 bits per heavy atom. The molecule has 0 radical (unpaired) electrons. The average molecular weight is 219 g/mol. The van der Waals surface area contributed by atoms with Crippen molar-refractivity contribution in [1.29, 1.82) is 0 Å². The molecule has 16 heavy (non-hydrogen) atoms. The summed E-state index contributed by atoms with van der Waals surface area (Å²) in [5, 5.41) is 3.49. The van der Waals surface area contributed by atoms with Crippen LogP contribution in [-0.4, -0.2) is 22.6 Å². The summed E-state index contributed by atoms with van der Waals surface area (Å²) in [5.74, 6) is 1.76. The van der Waals surface area contributed by atoms with E-state index in [1.54, 1.807) is 0 Å². The molecule has 0 aromatic carbocycles. The maximum absolute atomic E-state index is 4.31. The number of aromatic nitrogens is 2. The molecular weight excluding hydrogens is 198 g/mol. The monoisotopic (exact) mass is 219 g/mol. The van der Waals surface area contributed by atoms with Gasteiger partial charge in [-0.1, -0.05) is 0 Å². The van der Waals surface area contributed by atoms with Crippen molar-refractivity contribution in [3.05, 3.63) is 18.2 Å². The molecule has 1 saturated heterocycles. The molecule has 0 bridgehead atoms. The third-order valence-electron chi connectivity index (χ3n) is 3.85. The minimum atomic E-state index is 0.823. The van der Waals surface area contributed by atoms with Gasteiger partial charge in [0.25, 0.3) is 0 Å². The molecule has 1 aromatic heterocycles. The van der Waals surface area contributed by atoms with E-state index in [2.05, 4.69) is 21.1 Å². The quantitative estimate of drug-likeness (QED) is 0.837. The van der Waals surface area contributed by atoms with Crippen molar-refractivity contribution in [1.82, 2.24) is 14.9 Å². The number of hydrogen-bond acceptors (Lipinski definition) is 2. The van der Waals surface area contributed by atoms with Gasteiger partial charge in [-0.05, 0) is 57.0 Å². The molecule has 1 aliphatic heterocycles. The summed E-state index contributed by atoms with van der Waals surface area (Å²) in [6, 6.07) is 0. The summed E-state index contributed by atoms with van der Waals surface area (Å²) in [5.41, 5.74) is 1.45. The molecule has 1 saturated carbocycles. The standard InChI is InChI=1S/C13H21N3/c1-2-12(7-14-5-1)6-13-8-15-10-16(13)9-11-3-4-11/h8,10-12,14H,1-7,9H2. The highest BCUT2D eigenvalue weighted by Crippen LogP contribution is 2.31. The van der Waals surface area contributed by atoms with Gasteiger partial charge in [-0.2, -0.15) is 0 Å². The molecule has 88 valence electrons. The molecule has 2 fully saturated rings. The molecular formula is C13H21N3. The van der Waals surface area contributed by atoms with E-state index in [1.807, 2.05) is 6.33 Å². The van der Waals surface area contributed by atoms with Crippen LogP contribution in [0.15, 0.2) is 12.5 Å². The zero-order chi connectivity index (χ0) is 10.8. The Labute approximate surface area is 97.3 Å². The predicted molar refractivity (Wildman–Crippen MR) is 64.2 cm³/mol. The summed E-state index contributed by atoms with van der Waals surface area (Å²) in [6.07, 6.45) is 10.8. The van der Waals surface area contributed by atoms with Crippen LogP contribution in [-0.2, 0) is 13.0 Å². The highest BCUT2D eigenvalue weighted by Gasteiger charge is 2.23. The molecule has 1 unspecified atom stereocenters. The molecule has 3 nitrogen and oxygen atoms in total. The number of rotatable bonds is 4. The van der Waals surface area contributed by atoms with Gasteiger partial charge >= 0.3 is 0 Å². The smallest absolute Gasteiger partial charge is 0.0948 e. The molecule has 2 aliphatic rings. The summed E-state index contributed by atoms with van der Waals surface area (Å²) >= 11 is 0. The minimum absolute atomic E-state index is 0.823. The summed E-state index contributed by atoms with van der Waals surface area (Å²) in [4.78, 5) is 4.31. The molecule has 1 atom stereocenters. The van der Waals surface area contributed by atoms with E-state index in [0.717, 1.165) is 11.8 Å². The highest BCUT2D eigenvalue weighted by molar-refractivity contribution is 5.01. The third kappa shape index (κ3) is 2.46. The van der Waals surface area contributed by atoms with Gasteiger partial charge in [0.2, 0.25) is 0 Å². The molecule has 1 N–H and O–H groups in total. The first-order valence-corrected chi connectivity index (χ1v) is 6.61. The Morgan fingerprint density at radius 3 is 3.00 bits per heavy atom. The van der Waals surface area contributed by atoms with Crippen LogP contribution >= 0.6 is 0 Å². The fourth-order valence-electron chi connectivity index (χ4n) is 2.66. The Balaban J connectivity index is 1.61. The van der Waals surface area contributed by atoms with E-state index in [0.29, 0.717) is 0 Å². The van der Waals surface area contributed by atoms with Crippen LogP contribution in [0.25, 0.3) is 0 Å². The van der Waals surface area contributed by atoms with Crippen LogP contribution in [0.4, 0.5) is 0 Å². The number of imidazole rings is 1. The largest absolute Gasteiger partial charge is 0.334 e. The number of piperidine rings is 1. The van der Waals surface area contributed by atoms with Crippen LogP contribution < -0.4 is 5.32 Å². The van der Waals surface area contributed by atoms with Gasteiger partial charge < -0.3 is 9.88 Å². The van der Waals surface area contributed by atoms with Crippen LogP contribution in [0.5, 0.6) is 0 Å². The van der Waals surface area contributed by atoms with Gasteiger partial charge in [0.15, 0.2) is 0 Å². The fourth-order valence-corrected chi connectivity index (χ4v) is 2.66. The Morgan fingerprint density at radius 1 is 1.31 bits per heavy atom. The molecule has 1 aliphatic carbocycles. The lowest BCUT2D eigenvalue weighted by Crippen LogP contribution is -2.31. The Kier molecular flexibility index (Phi) is 2.96. The third-order valence-corrected chi connectivity index (χ3v) is 3.85. The van der Waals surface area contributed by atoms with Crippen molar-refractivity contribution >= 4 is 0 Å². The Bertz CT molecular complexity index is 335. The van der Waals surface area contributed by atoms with Gasteiger partial charge in [-0.3, -0.25) is 0 Å². The Hall–Kier alpha value is -0.830. The van der Waals surface area contributed by atoms with Gasteiger partial charge in [-0.15, -0.1) is 0 Å². The minimum Gasteiger partial charge on any atom is -0.334 e. The van der Waals surface area contributed by atoms with Crippen molar-refractivity contribution < 1.29 is 0 Å². The lowest BCUT2D eigenvalue weighted by molar-refractivity contribution is 0.368. The first-order chi connectivity index (χ1) is 7.92. The fraction of sp³-hybridized carbons (Fsp3) is 0.769. The first kappa shape index (κ1) is 10.3. The molecule has 0 amide bonds. The van der Waals surface area contributed by atoms with Gasteiger partial charge in [0, 0.05) is 18.4 Å². The normalized spacial score (nSPS) is 25.9. The lowest BCUT2D eigenvalue weighted by atomic mass is 9.95. The van der Waals surface area contributed by atoms with Gasteiger partial charge in [0.1, 0.15) is 0 Å². The molecule has 0 spiro atoms. The molecule has 3 heteroatoms. The lowest BCUT2D eigenvalue weighted by Gasteiger charge is -2.23. The zero-order valence-electron chi connectivity index (χ0n) is 9.86. The first-order valence-electron chi connectivity index (χ1n) is 6.61. The van der Waals surface area contributed by atoms with Crippen LogP contribution in [0.2, 0.25) is 0 Å². The number of nitrogens with one attached hydrogen (secondary N) is 1. The highest BCUT2D eigenvalue weighted by atomic mass is 15.0. The maximum atomic E-state index is 4.31. The van der Waals surface area contributed by atoms with Crippen LogP contribution in [0, 0.1) is 11.8 Å². The average Bonchev–Trinajstić information content (AvgIpc) is 3.02. The second kappa shape index (κ2) is 4.58. The van der Waals surface area contributed by atoms with Crippen molar-refractivity contribution in [2.45, 2.75) is 38.6 Å². The van der Waals surface area contributed by atoms with E-state index in [1.165, 1.54) is 57.4 Å². The van der Waals surface area contributed by atoms with E-state index in [4.69, 9.17) is 0 Å². The van der Waals surface area contributed by atoms with E-state index in [-0.39, 0.29) is 0 Å². The second-order valence-corrected chi connectivity index (χ2v) is 5.40. The van der Waals surface area contributed by atoms with Crippen molar-refractivity contribution in [2.24, 2.45) is 11.8 Å². The molecule has 2 heterocycles. The van der Waals surface area contributed by atoms with Crippen molar-refractivity contribution in [3.8, 4) is 0 Å². The maximum Gasteiger partial charge on any atom is 0.0948 e. The number of hydrogen-bond donors (Lipinski definition) is 1. The van der Waals surface area contributed by atoms with E-state index < -0.39 is 0 Å². The van der Waals surface area contributed by atoms with E-state index in [9.17, 15) is 0 Å². The predicted octanol–water partition coefficient (Wildman–Crippen LogP) is 1.84. The molecule has 1 aromatic rings. The summed E-state index contributed by atoms with van der Waals surface area (Å²) in [6.45, 7) is 3.60. The topological polar surface area (TPSA) is 29.9 Å². The summed E-state index contributed by atoms with van der Waals surface area (Å²) in [7, 11) is 0. The SMILES string of the molecule is c1ncn(CC2CC2)c1CC1CCCNC1.